The number of nitrogens with zero attached hydrogens (tertiary/aromatic N) is 5. The molecule has 1 aliphatic rings. The number of hydrogen-bond acceptors (Lipinski definition) is 4. The summed E-state index contributed by atoms with van der Waals surface area (Å²) in [5.74, 6) is -0.386. The number of fused-ring (bicyclic) bond motifs is 3. The molecule has 0 spiro atoms. The van der Waals surface area contributed by atoms with Gasteiger partial charge in [0.2, 0.25) is 5.69 Å². The first-order chi connectivity index (χ1) is 20.9. The highest BCUT2D eigenvalue weighted by Crippen LogP contribution is 2.29. The van der Waals surface area contributed by atoms with E-state index in [-0.39, 0.29) is 23.9 Å². The summed E-state index contributed by atoms with van der Waals surface area (Å²) < 4.78 is 4.07. The highest BCUT2D eigenvalue weighted by molar-refractivity contribution is 9.10. The molecule has 0 saturated heterocycles. The van der Waals surface area contributed by atoms with Crippen molar-refractivity contribution in [3.05, 3.63) is 139 Å². The van der Waals surface area contributed by atoms with Crippen LogP contribution in [-0.4, -0.2) is 44.0 Å². The van der Waals surface area contributed by atoms with E-state index >= 15 is 0 Å². The lowest BCUT2D eigenvalue weighted by molar-refractivity contribution is 0.0729. The molecule has 5 aromatic rings. The van der Waals surface area contributed by atoms with Crippen molar-refractivity contribution in [2.75, 3.05) is 13.1 Å². The maximum Gasteiger partial charge on any atom is 0.261 e. The molecule has 9 nitrogen and oxygen atoms in total. The first kappa shape index (κ1) is 28.1. The summed E-state index contributed by atoms with van der Waals surface area (Å²) in [6.07, 6.45) is 2.69. The number of hydrogen-bond donors (Lipinski definition) is 1. The Labute approximate surface area is 256 Å². The third-order valence-electron chi connectivity index (χ3n) is 7.63. The predicted molar refractivity (Wildman–Crippen MR) is 167 cm³/mol. The van der Waals surface area contributed by atoms with Crippen LogP contribution in [0.5, 0.6) is 0 Å². The Morgan fingerprint density at radius 3 is 2.51 bits per heavy atom. The molecule has 214 valence electrons. The topological polar surface area (TPSA) is 93.1 Å². The fourth-order valence-electron chi connectivity index (χ4n) is 5.51. The molecule has 10 heteroatoms. The highest BCUT2D eigenvalue weighted by atomic mass is 79.9. The van der Waals surface area contributed by atoms with Crippen LogP contribution in [0, 0.1) is 6.57 Å². The Morgan fingerprint density at radius 2 is 1.79 bits per heavy atom. The zero-order valence-corrected chi connectivity index (χ0v) is 25.0. The highest BCUT2D eigenvalue weighted by Gasteiger charge is 2.29. The molecule has 3 heterocycles. The number of carbonyl (C=O) groups excluding carboxylic acids is 2. The Kier molecular flexibility index (Phi) is 7.65. The number of amides is 2. The first-order valence-corrected chi connectivity index (χ1v) is 14.7. The van der Waals surface area contributed by atoms with E-state index in [4.69, 9.17) is 11.7 Å². The Hall–Kier alpha value is -5.01. The van der Waals surface area contributed by atoms with Gasteiger partial charge in [-0.25, -0.2) is 9.36 Å². The van der Waals surface area contributed by atoms with Gasteiger partial charge < -0.3 is 10.2 Å². The van der Waals surface area contributed by atoms with E-state index in [0.717, 1.165) is 11.1 Å². The molecule has 3 aromatic carbocycles. The van der Waals surface area contributed by atoms with Crippen molar-refractivity contribution in [2.45, 2.75) is 26.3 Å². The maximum absolute atomic E-state index is 14.2. The van der Waals surface area contributed by atoms with Crippen LogP contribution in [0.2, 0.25) is 0 Å². The molecule has 2 amide bonds. The minimum Gasteiger partial charge on any atom is -0.352 e. The summed E-state index contributed by atoms with van der Waals surface area (Å²) in [6, 6.07) is 21.9. The van der Waals surface area contributed by atoms with Gasteiger partial charge in [-0.15, -0.1) is 0 Å². The fourth-order valence-corrected chi connectivity index (χ4v) is 5.84. The van der Waals surface area contributed by atoms with Crippen LogP contribution in [0.15, 0.2) is 88.3 Å². The van der Waals surface area contributed by atoms with Gasteiger partial charge in [0.25, 0.3) is 17.4 Å². The molecular formula is C33H27BrN6O3. The summed E-state index contributed by atoms with van der Waals surface area (Å²) >= 11 is 3.35. The summed E-state index contributed by atoms with van der Waals surface area (Å²) in [6.45, 7) is 10.3. The SMILES string of the molecule is [C-]#[N+]c1cc(C(=O)N2CCc3c(n4ncc(Cc5ccccc5)c4n(-c4ccc(C(=O)NCC)cc4)c3=O)C2)ccc1Br. The second-order valence-electron chi connectivity index (χ2n) is 10.3. The molecule has 0 unspecified atom stereocenters. The van der Waals surface area contributed by atoms with Gasteiger partial charge in [0.15, 0.2) is 0 Å². The number of aromatic nitrogens is 3. The Morgan fingerprint density at radius 1 is 1.05 bits per heavy atom. The molecule has 6 rings (SSSR count). The normalized spacial score (nSPS) is 12.5. The van der Waals surface area contributed by atoms with E-state index in [9.17, 15) is 14.4 Å². The second kappa shape index (κ2) is 11.7. The predicted octanol–water partition coefficient (Wildman–Crippen LogP) is 5.34. The number of rotatable bonds is 6. The molecule has 43 heavy (non-hydrogen) atoms. The van der Waals surface area contributed by atoms with Crippen LogP contribution < -0.4 is 10.9 Å². The van der Waals surface area contributed by atoms with Crippen LogP contribution in [0.25, 0.3) is 16.2 Å². The largest absolute Gasteiger partial charge is 0.352 e. The van der Waals surface area contributed by atoms with Crippen LogP contribution in [0.3, 0.4) is 0 Å². The first-order valence-electron chi connectivity index (χ1n) is 13.9. The molecule has 1 aliphatic heterocycles. The van der Waals surface area contributed by atoms with Crippen molar-refractivity contribution in [1.82, 2.24) is 24.4 Å². The lowest BCUT2D eigenvalue weighted by Gasteiger charge is -2.30. The van der Waals surface area contributed by atoms with Gasteiger partial charge in [0.05, 0.1) is 30.7 Å². The number of benzene rings is 3. The van der Waals surface area contributed by atoms with Crippen molar-refractivity contribution in [2.24, 2.45) is 0 Å². The van der Waals surface area contributed by atoms with Crippen molar-refractivity contribution < 1.29 is 9.59 Å². The Balaban J connectivity index is 1.46. The third-order valence-corrected chi connectivity index (χ3v) is 8.30. The lowest BCUT2D eigenvalue weighted by atomic mass is 10.0. The number of carbonyl (C=O) groups is 2. The molecule has 0 fully saturated rings. The van der Waals surface area contributed by atoms with Crippen LogP contribution in [0.4, 0.5) is 5.69 Å². The van der Waals surface area contributed by atoms with Gasteiger partial charge in [0.1, 0.15) is 5.65 Å². The van der Waals surface area contributed by atoms with Gasteiger partial charge in [0, 0.05) is 46.2 Å². The minimum atomic E-state index is -0.210. The van der Waals surface area contributed by atoms with Crippen LogP contribution >= 0.6 is 15.9 Å². The molecule has 0 aliphatic carbocycles. The minimum absolute atomic E-state index is 0.172. The zero-order chi connectivity index (χ0) is 30.1. The number of nitrogens with one attached hydrogen (secondary N) is 1. The van der Waals surface area contributed by atoms with Crippen LogP contribution in [-0.2, 0) is 19.4 Å². The van der Waals surface area contributed by atoms with E-state index in [1.165, 1.54) is 0 Å². The molecule has 2 aromatic heterocycles. The van der Waals surface area contributed by atoms with Crippen molar-refractivity contribution >= 4 is 39.1 Å². The molecule has 0 bridgehead atoms. The standard InChI is InChI=1S/C33H27BrN6O3/c1-3-36-30(41)22-9-12-25(13-10-22)39-31-24(17-21-7-5-4-6-8-21)19-37-40(31)29-20-38(16-15-26(29)33(39)43)32(42)23-11-14-27(34)28(18-23)35-2/h4-14,18-19H,3,15-17,20H2,1H3,(H,36,41). The summed E-state index contributed by atoms with van der Waals surface area (Å²) in [5.41, 5.74) is 5.55. The number of halogens is 1. The monoisotopic (exact) mass is 634 g/mol. The van der Waals surface area contributed by atoms with Gasteiger partial charge in [-0.1, -0.05) is 58.4 Å². The smallest absolute Gasteiger partial charge is 0.261 e. The molecular weight excluding hydrogens is 608 g/mol. The Bertz CT molecular complexity index is 1970. The van der Waals surface area contributed by atoms with E-state index in [1.807, 2.05) is 37.3 Å². The fraction of sp³-hybridized carbons (Fsp3) is 0.182. The lowest BCUT2D eigenvalue weighted by Crippen LogP contribution is -2.41. The summed E-state index contributed by atoms with van der Waals surface area (Å²) in [5, 5.41) is 7.54. The zero-order valence-electron chi connectivity index (χ0n) is 23.4. The molecule has 1 N–H and O–H groups in total. The van der Waals surface area contributed by atoms with Crippen LogP contribution in [0.1, 0.15) is 50.0 Å². The van der Waals surface area contributed by atoms with Crippen molar-refractivity contribution in [3.8, 4) is 5.69 Å². The molecule has 0 radical (unpaired) electrons. The third kappa shape index (κ3) is 5.24. The second-order valence-corrected chi connectivity index (χ2v) is 11.1. The summed E-state index contributed by atoms with van der Waals surface area (Å²) in [7, 11) is 0. The van der Waals surface area contributed by atoms with Gasteiger partial charge in [-0.05, 0) is 49.2 Å². The van der Waals surface area contributed by atoms with E-state index in [1.54, 1.807) is 62.6 Å². The molecule has 0 saturated carbocycles. The van der Waals surface area contributed by atoms with E-state index < -0.39 is 0 Å². The quantitative estimate of drug-likeness (QED) is 0.255. The van der Waals surface area contributed by atoms with E-state index in [2.05, 4.69) is 26.1 Å². The van der Waals surface area contributed by atoms with Crippen molar-refractivity contribution in [3.63, 3.8) is 0 Å². The van der Waals surface area contributed by atoms with Gasteiger partial charge >= 0.3 is 0 Å². The van der Waals surface area contributed by atoms with E-state index in [0.29, 0.717) is 69.8 Å². The van der Waals surface area contributed by atoms with Crippen molar-refractivity contribution in [1.29, 1.82) is 0 Å². The molecule has 0 atom stereocenters. The maximum atomic E-state index is 14.2. The van der Waals surface area contributed by atoms with Gasteiger partial charge in [-0.3, -0.25) is 19.0 Å². The summed E-state index contributed by atoms with van der Waals surface area (Å²) in [4.78, 5) is 45.3. The van der Waals surface area contributed by atoms with Gasteiger partial charge in [-0.2, -0.15) is 5.10 Å². The average Bonchev–Trinajstić information content (AvgIpc) is 3.45. The average molecular weight is 636 g/mol.